The fraction of sp³-hybridized carbons (Fsp3) is 0.571. The fourth-order valence-corrected chi connectivity index (χ4v) is 3.38. The maximum absolute atomic E-state index is 5.35. The Morgan fingerprint density at radius 1 is 1.50 bits per heavy atom. The van der Waals surface area contributed by atoms with E-state index >= 15 is 0 Å². The first-order valence-electron chi connectivity index (χ1n) is 7.12. The molecular formula is C14H20N4OS. The van der Waals surface area contributed by atoms with Gasteiger partial charge in [0.25, 0.3) is 5.89 Å². The van der Waals surface area contributed by atoms with Crippen LogP contribution < -0.4 is 5.32 Å². The number of hydrogen-bond acceptors (Lipinski definition) is 6. The summed E-state index contributed by atoms with van der Waals surface area (Å²) in [6, 6.07) is 4.59. The smallest absolute Gasteiger partial charge is 0.268 e. The van der Waals surface area contributed by atoms with E-state index in [1.54, 1.807) is 11.3 Å². The molecule has 1 unspecified atom stereocenters. The lowest BCUT2D eigenvalue weighted by Crippen LogP contribution is -2.44. The van der Waals surface area contributed by atoms with Crippen LogP contribution in [0.15, 0.2) is 22.0 Å². The van der Waals surface area contributed by atoms with Gasteiger partial charge in [0, 0.05) is 12.6 Å². The first-order valence-corrected chi connectivity index (χ1v) is 8.00. The second kappa shape index (κ2) is 6.47. The van der Waals surface area contributed by atoms with Gasteiger partial charge in [0.2, 0.25) is 0 Å². The molecule has 1 aliphatic heterocycles. The van der Waals surface area contributed by atoms with Crippen LogP contribution in [0.5, 0.6) is 0 Å². The van der Waals surface area contributed by atoms with Crippen LogP contribution in [0.25, 0.3) is 10.8 Å². The van der Waals surface area contributed by atoms with E-state index in [-0.39, 0.29) is 0 Å². The lowest BCUT2D eigenvalue weighted by atomic mass is 10.0. The molecule has 0 spiro atoms. The van der Waals surface area contributed by atoms with Crippen molar-refractivity contribution in [1.29, 1.82) is 0 Å². The van der Waals surface area contributed by atoms with E-state index in [0.717, 1.165) is 30.3 Å². The zero-order valence-electron chi connectivity index (χ0n) is 11.7. The minimum absolute atomic E-state index is 0.581. The predicted octanol–water partition coefficient (Wildman–Crippen LogP) is 2.37. The van der Waals surface area contributed by atoms with Crippen molar-refractivity contribution in [1.82, 2.24) is 20.4 Å². The summed E-state index contributed by atoms with van der Waals surface area (Å²) in [7, 11) is 2.01. The summed E-state index contributed by atoms with van der Waals surface area (Å²) >= 11 is 1.62. The molecule has 108 valence electrons. The molecule has 0 radical (unpaired) electrons. The molecule has 0 aliphatic carbocycles. The Bertz CT molecular complexity index is 523. The van der Waals surface area contributed by atoms with Crippen molar-refractivity contribution in [3.05, 3.63) is 23.3 Å². The number of likely N-dealkylation sites (tertiary alicyclic amines) is 1. The van der Waals surface area contributed by atoms with Gasteiger partial charge in [-0.05, 0) is 37.9 Å². The van der Waals surface area contributed by atoms with Crippen molar-refractivity contribution >= 4 is 11.3 Å². The molecular weight excluding hydrogens is 272 g/mol. The highest BCUT2D eigenvalue weighted by Crippen LogP contribution is 2.24. The van der Waals surface area contributed by atoms with Crippen LogP contribution in [-0.2, 0) is 6.54 Å². The Labute approximate surface area is 123 Å². The molecule has 20 heavy (non-hydrogen) atoms. The SMILES string of the molecule is CNCC1CCCCN1Cc1noc(-c2cccs2)n1. The van der Waals surface area contributed by atoms with Gasteiger partial charge >= 0.3 is 0 Å². The zero-order valence-corrected chi connectivity index (χ0v) is 12.5. The molecule has 0 aromatic carbocycles. The molecule has 3 rings (SSSR count). The van der Waals surface area contributed by atoms with Gasteiger partial charge < -0.3 is 9.84 Å². The standard InChI is InChI=1S/C14H20N4OS/c1-15-9-11-5-2-3-7-18(11)10-13-16-14(19-17-13)12-6-4-8-20-12/h4,6,8,11,15H,2-3,5,7,9-10H2,1H3. The van der Waals surface area contributed by atoms with Crippen molar-refractivity contribution in [3.8, 4) is 10.8 Å². The monoisotopic (exact) mass is 292 g/mol. The van der Waals surface area contributed by atoms with E-state index in [0.29, 0.717) is 11.9 Å². The molecule has 0 saturated carbocycles. The third-order valence-electron chi connectivity index (χ3n) is 3.73. The molecule has 3 heterocycles. The third-order valence-corrected chi connectivity index (χ3v) is 4.59. The molecule has 1 fully saturated rings. The predicted molar refractivity (Wildman–Crippen MR) is 79.6 cm³/mol. The van der Waals surface area contributed by atoms with Gasteiger partial charge in [-0.25, -0.2) is 0 Å². The van der Waals surface area contributed by atoms with Crippen molar-refractivity contribution in [2.45, 2.75) is 31.8 Å². The molecule has 0 bridgehead atoms. The van der Waals surface area contributed by atoms with Crippen molar-refractivity contribution in [2.24, 2.45) is 0 Å². The molecule has 1 atom stereocenters. The lowest BCUT2D eigenvalue weighted by molar-refractivity contribution is 0.134. The van der Waals surface area contributed by atoms with Crippen LogP contribution in [0.2, 0.25) is 0 Å². The summed E-state index contributed by atoms with van der Waals surface area (Å²) in [4.78, 5) is 8.01. The average Bonchev–Trinajstić information content (AvgIpc) is 3.12. The topological polar surface area (TPSA) is 54.2 Å². The van der Waals surface area contributed by atoms with Crippen molar-refractivity contribution in [2.75, 3.05) is 20.1 Å². The summed E-state index contributed by atoms with van der Waals surface area (Å²) < 4.78 is 5.35. The molecule has 5 nitrogen and oxygen atoms in total. The van der Waals surface area contributed by atoms with Crippen LogP contribution in [0.3, 0.4) is 0 Å². The average molecular weight is 292 g/mol. The summed E-state index contributed by atoms with van der Waals surface area (Å²) in [5.41, 5.74) is 0. The van der Waals surface area contributed by atoms with Crippen LogP contribution in [-0.4, -0.2) is 41.2 Å². The second-order valence-electron chi connectivity index (χ2n) is 5.17. The normalized spacial score (nSPS) is 20.4. The van der Waals surface area contributed by atoms with Crippen LogP contribution in [0, 0.1) is 0 Å². The Kier molecular flexibility index (Phi) is 4.44. The first-order chi connectivity index (χ1) is 9.86. The fourth-order valence-electron chi connectivity index (χ4n) is 2.74. The van der Waals surface area contributed by atoms with Gasteiger partial charge in [0.05, 0.1) is 11.4 Å². The number of nitrogens with one attached hydrogen (secondary N) is 1. The van der Waals surface area contributed by atoms with Gasteiger partial charge in [-0.15, -0.1) is 11.3 Å². The quantitative estimate of drug-likeness (QED) is 0.917. The van der Waals surface area contributed by atoms with E-state index in [1.165, 1.54) is 19.3 Å². The highest BCUT2D eigenvalue weighted by molar-refractivity contribution is 7.13. The molecule has 0 amide bonds. The van der Waals surface area contributed by atoms with Gasteiger partial charge in [0.15, 0.2) is 5.82 Å². The molecule has 1 N–H and O–H groups in total. The molecule has 1 saturated heterocycles. The lowest BCUT2D eigenvalue weighted by Gasteiger charge is -2.34. The van der Waals surface area contributed by atoms with E-state index in [1.807, 2.05) is 24.6 Å². The van der Waals surface area contributed by atoms with Crippen LogP contribution in [0.1, 0.15) is 25.1 Å². The number of nitrogens with zero attached hydrogens (tertiary/aromatic N) is 3. The third kappa shape index (κ3) is 3.08. The Hall–Kier alpha value is -1.24. The Balaban J connectivity index is 1.67. The summed E-state index contributed by atoms with van der Waals surface area (Å²) in [6.45, 7) is 2.92. The maximum atomic E-state index is 5.35. The highest BCUT2D eigenvalue weighted by Gasteiger charge is 2.23. The number of piperidine rings is 1. The molecule has 2 aromatic heterocycles. The van der Waals surface area contributed by atoms with E-state index in [2.05, 4.69) is 20.4 Å². The van der Waals surface area contributed by atoms with Gasteiger partial charge in [0.1, 0.15) is 0 Å². The zero-order chi connectivity index (χ0) is 13.8. The Morgan fingerprint density at radius 3 is 3.25 bits per heavy atom. The summed E-state index contributed by atoms with van der Waals surface area (Å²) in [5.74, 6) is 1.42. The Morgan fingerprint density at radius 2 is 2.45 bits per heavy atom. The summed E-state index contributed by atoms with van der Waals surface area (Å²) in [6.07, 6.45) is 3.82. The number of likely N-dealkylation sites (N-methyl/N-ethyl adjacent to an activating group) is 1. The highest BCUT2D eigenvalue weighted by atomic mass is 32.1. The number of aromatic nitrogens is 2. The van der Waals surface area contributed by atoms with Gasteiger partial charge in [-0.1, -0.05) is 17.6 Å². The summed E-state index contributed by atoms with van der Waals surface area (Å²) in [5, 5.41) is 9.42. The van der Waals surface area contributed by atoms with Crippen LogP contribution >= 0.6 is 11.3 Å². The van der Waals surface area contributed by atoms with Gasteiger partial charge in [-0.2, -0.15) is 4.98 Å². The first kappa shape index (κ1) is 13.7. The van der Waals surface area contributed by atoms with Crippen LogP contribution in [0.4, 0.5) is 0 Å². The van der Waals surface area contributed by atoms with E-state index < -0.39 is 0 Å². The largest absolute Gasteiger partial charge is 0.333 e. The van der Waals surface area contributed by atoms with Crippen molar-refractivity contribution in [3.63, 3.8) is 0 Å². The molecule has 6 heteroatoms. The van der Waals surface area contributed by atoms with E-state index in [4.69, 9.17) is 4.52 Å². The number of thiophene rings is 1. The molecule has 1 aliphatic rings. The molecule has 2 aromatic rings. The number of rotatable bonds is 5. The van der Waals surface area contributed by atoms with E-state index in [9.17, 15) is 0 Å². The second-order valence-corrected chi connectivity index (χ2v) is 6.12. The number of hydrogen-bond donors (Lipinski definition) is 1. The van der Waals surface area contributed by atoms with Crippen molar-refractivity contribution < 1.29 is 4.52 Å². The maximum Gasteiger partial charge on any atom is 0.268 e. The van der Waals surface area contributed by atoms with Gasteiger partial charge in [-0.3, -0.25) is 4.90 Å². The minimum atomic E-state index is 0.581. The minimum Gasteiger partial charge on any atom is -0.333 e.